The minimum absolute atomic E-state index is 0.00464. The molecule has 4 aromatic heterocycles. The maximum absolute atomic E-state index is 6.60. The Morgan fingerprint density at radius 3 is 2.31 bits per heavy atom. The number of rotatable bonds is 5. The van der Waals surface area contributed by atoms with Crippen LogP contribution < -0.4 is 14.5 Å². The van der Waals surface area contributed by atoms with Crippen molar-refractivity contribution in [3.05, 3.63) is 145 Å². The van der Waals surface area contributed by atoms with Crippen molar-refractivity contribution >= 4 is 55.6 Å². The average Bonchev–Trinajstić information content (AvgIpc) is 3.67. The fourth-order valence-corrected chi connectivity index (χ4v) is 6.83. The smallest absolute Gasteiger partial charge is 0.159 e. The molecule has 0 atom stereocenters. The van der Waals surface area contributed by atoms with Crippen LogP contribution in [0.5, 0.6) is 11.5 Å². The van der Waals surface area contributed by atoms with Gasteiger partial charge in [0, 0.05) is 52.6 Å². The van der Waals surface area contributed by atoms with Crippen molar-refractivity contribution in [2.24, 2.45) is 0 Å². The summed E-state index contributed by atoms with van der Waals surface area (Å²) in [5, 5.41) is 4.60. The second kappa shape index (κ2) is 11.2. The molecule has 9 rings (SSSR count). The van der Waals surface area contributed by atoms with E-state index in [1.165, 1.54) is 10.9 Å². The van der Waals surface area contributed by atoms with Crippen LogP contribution in [-0.4, -0.2) is 26.2 Å². The van der Waals surface area contributed by atoms with Crippen LogP contribution >= 0.6 is 0 Å². The van der Waals surface area contributed by atoms with E-state index in [1.807, 2.05) is 48.9 Å². The first-order valence-corrected chi connectivity index (χ1v) is 16.5. The maximum Gasteiger partial charge on any atom is 0.159 e. The Morgan fingerprint density at radius 2 is 1.41 bits per heavy atom. The fraction of sp³-hybridized carbons (Fsp3) is 0.119. The summed E-state index contributed by atoms with van der Waals surface area (Å²) < 4.78 is 8.84. The number of ether oxygens (including phenoxy) is 1. The van der Waals surface area contributed by atoms with E-state index in [2.05, 4.69) is 126 Å². The Balaban J connectivity index is 1.07. The maximum atomic E-state index is 6.60. The summed E-state index contributed by atoms with van der Waals surface area (Å²) in [5.41, 5.74) is 5.43. The molecular weight excluding hydrogens is 605 g/mol. The van der Waals surface area contributed by atoms with Gasteiger partial charge in [-0.2, -0.15) is 0 Å². The standard InChI is InChI=1S/C42H34N6O/c1-42(2,3)30-19-21-43-40(23-30)48-36-15-7-6-14-34(36)35-18-17-33(25-38(35)48)49-32-13-8-12-31(24-32)46-27-47(41-37(46)16-9-20-44-41)39-22-28-10-4-5-11-29(28)26-45-39/h4-26H,27H2,1-3H3. The molecular formula is C42H34N6O. The largest absolute Gasteiger partial charge is 0.457 e. The SMILES string of the molecule is CC(C)(C)c1ccnc(-n2c3ccccc3c3ccc(Oc4cccc(N5CN(c6cc7ccccc7cn6)c6ncccc65)c4)cc32)c1. The van der Waals surface area contributed by atoms with Crippen molar-refractivity contribution in [2.45, 2.75) is 26.2 Å². The topological polar surface area (TPSA) is 59.3 Å². The lowest BCUT2D eigenvalue weighted by Gasteiger charge is -2.21. The predicted molar refractivity (Wildman–Crippen MR) is 199 cm³/mol. The second-order valence-electron chi connectivity index (χ2n) is 13.5. The molecule has 0 saturated heterocycles. The Bertz CT molecular complexity index is 2530. The zero-order valence-corrected chi connectivity index (χ0v) is 27.6. The van der Waals surface area contributed by atoms with Crippen LogP contribution in [0.1, 0.15) is 26.3 Å². The van der Waals surface area contributed by atoms with Gasteiger partial charge in [0.1, 0.15) is 29.8 Å². The van der Waals surface area contributed by atoms with Gasteiger partial charge < -0.3 is 9.64 Å². The highest BCUT2D eigenvalue weighted by Crippen LogP contribution is 2.43. The predicted octanol–water partition coefficient (Wildman–Crippen LogP) is 10.5. The zero-order chi connectivity index (χ0) is 33.1. The second-order valence-corrected chi connectivity index (χ2v) is 13.5. The molecule has 0 bridgehead atoms. The van der Waals surface area contributed by atoms with Crippen LogP contribution in [0.4, 0.5) is 23.0 Å². The molecule has 4 aromatic carbocycles. The molecule has 8 aromatic rings. The highest BCUT2D eigenvalue weighted by atomic mass is 16.5. The van der Waals surface area contributed by atoms with Gasteiger partial charge in [-0.25, -0.2) is 15.0 Å². The van der Waals surface area contributed by atoms with E-state index in [0.717, 1.165) is 67.5 Å². The summed E-state index contributed by atoms with van der Waals surface area (Å²) in [6.45, 7) is 7.27. The number of nitrogens with zero attached hydrogens (tertiary/aromatic N) is 6. The number of para-hydroxylation sites is 1. The first-order valence-electron chi connectivity index (χ1n) is 16.5. The van der Waals surface area contributed by atoms with Crippen molar-refractivity contribution in [1.82, 2.24) is 19.5 Å². The number of hydrogen-bond donors (Lipinski definition) is 0. The Morgan fingerprint density at radius 1 is 0.592 bits per heavy atom. The van der Waals surface area contributed by atoms with E-state index in [4.69, 9.17) is 19.7 Å². The van der Waals surface area contributed by atoms with Crippen molar-refractivity contribution in [3.8, 4) is 17.3 Å². The van der Waals surface area contributed by atoms with Gasteiger partial charge >= 0.3 is 0 Å². The zero-order valence-electron chi connectivity index (χ0n) is 27.6. The first-order chi connectivity index (χ1) is 23.9. The van der Waals surface area contributed by atoms with Gasteiger partial charge in [0.2, 0.25) is 0 Å². The van der Waals surface area contributed by atoms with E-state index in [-0.39, 0.29) is 5.41 Å². The van der Waals surface area contributed by atoms with Gasteiger partial charge in [0.05, 0.1) is 16.7 Å². The molecule has 7 nitrogen and oxygen atoms in total. The van der Waals surface area contributed by atoms with Crippen molar-refractivity contribution < 1.29 is 4.74 Å². The summed E-state index contributed by atoms with van der Waals surface area (Å²) in [5.74, 6) is 4.13. The quantitative estimate of drug-likeness (QED) is 0.187. The van der Waals surface area contributed by atoms with Crippen LogP contribution in [-0.2, 0) is 5.41 Å². The lowest BCUT2D eigenvalue weighted by atomic mass is 9.88. The molecule has 1 aliphatic heterocycles. The average molecular weight is 639 g/mol. The third-order valence-electron chi connectivity index (χ3n) is 9.34. The van der Waals surface area contributed by atoms with E-state index < -0.39 is 0 Å². The number of aromatic nitrogens is 4. The molecule has 49 heavy (non-hydrogen) atoms. The van der Waals surface area contributed by atoms with Crippen LogP contribution in [0, 0.1) is 0 Å². The molecule has 0 aliphatic carbocycles. The normalized spacial score (nSPS) is 13.0. The van der Waals surface area contributed by atoms with E-state index in [0.29, 0.717) is 6.67 Å². The van der Waals surface area contributed by atoms with E-state index in [1.54, 1.807) is 0 Å². The van der Waals surface area contributed by atoms with Gasteiger partial charge in [-0.05, 0) is 77.0 Å². The summed E-state index contributed by atoms with van der Waals surface area (Å²) in [4.78, 5) is 18.8. The van der Waals surface area contributed by atoms with Crippen LogP contribution in [0.25, 0.3) is 38.4 Å². The van der Waals surface area contributed by atoms with Gasteiger partial charge in [0.25, 0.3) is 0 Å². The van der Waals surface area contributed by atoms with Gasteiger partial charge in [0.15, 0.2) is 5.82 Å². The molecule has 0 N–H and O–H groups in total. The summed E-state index contributed by atoms with van der Waals surface area (Å²) in [6, 6.07) is 41.8. The monoisotopic (exact) mass is 638 g/mol. The fourth-order valence-electron chi connectivity index (χ4n) is 6.83. The van der Waals surface area contributed by atoms with Crippen molar-refractivity contribution in [3.63, 3.8) is 0 Å². The molecule has 0 radical (unpaired) electrons. The highest BCUT2D eigenvalue weighted by Gasteiger charge is 2.30. The minimum Gasteiger partial charge on any atom is -0.457 e. The van der Waals surface area contributed by atoms with Gasteiger partial charge in [-0.15, -0.1) is 0 Å². The Labute approximate surface area is 284 Å². The molecule has 238 valence electrons. The first kappa shape index (κ1) is 29.0. The van der Waals surface area contributed by atoms with Crippen molar-refractivity contribution in [1.29, 1.82) is 0 Å². The molecule has 0 amide bonds. The minimum atomic E-state index is 0.00464. The Hall–Kier alpha value is -6.21. The summed E-state index contributed by atoms with van der Waals surface area (Å²) in [7, 11) is 0. The molecule has 5 heterocycles. The number of anilines is 4. The van der Waals surface area contributed by atoms with Gasteiger partial charge in [-0.3, -0.25) is 9.47 Å². The van der Waals surface area contributed by atoms with Crippen LogP contribution in [0.3, 0.4) is 0 Å². The lowest BCUT2D eigenvalue weighted by Crippen LogP contribution is -2.24. The number of fused-ring (bicyclic) bond motifs is 5. The summed E-state index contributed by atoms with van der Waals surface area (Å²) in [6.07, 6.45) is 5.67. The van der Waals surface area contributed by atoms with Crippen molar-refractivity contribution in [2.75, 3.05) is 16.5 Å². The molecule has 0 fully saturated rings. The van der Waals surface area contributed by atoms with Crippen LogP contribution in [0.2, 0.25) is 0 Å². The third-order valence-corrected chi connectivity index (χ3v) is 9.34. The van der Waals surface area contributed by atoms with Crippen LogP contribution in [0.15, 0.2) is 140 Å². The van der Waals surface area contributed by atoms with Gasteiger partial charge in [-0.1, -0.05) is 69.3 Å². The van der Waals surface area contributed by atoms with E-state index in [9.17, 15) is 0 Å². The summed E-state index contributed by atoms with van der Waals surface area (Å²) >= 11 is 0. The molecule has 0 spiro atoms. The molecule has 0 unspecified atom stereocenters. The van der Waals surface area contributed by atoms with E-state index >= 15 is 0 Å². The molecule has 7 heteroatoms. The molecule has 1 aliphatic rings. The number of pyridine rings is 3. The highest BCUT2D eigenvalue weighted by molar-refractivity contribution is 6.09. The number of benzene rings is 4. The third kappa shape index (κ3) is 5.02. The Kier molecular flexibility index (Phi) is 6.62. The lowest BCUT2D eigenvalue weighted by molar-refractivity contribution is 0.483. The molecule has 0 saturated carbocycles. The number of hydrogen-bond acceptors (Lipinski definition) is 6.